The molecule has 1 aliphatic heterocycles. The van der Waals surface area contributed by atoms with Crippen LogP contribution in [0.1, 0.15) is 16.2 Å². The summed E-state index contributed by atoms with van der Waals surface area (Å²) in [6, 6.07) is 8.81. The van der Waals surface area contributed by atoms with Crippen molar-refractivity contribution >= 4 is 17.4 Å². The second-order valence-electron chi connectivity index (χ2n) is 6.82. The quantitative estimate of drug-likeness (QED) is 0.477. The molecule has 3 aromatic rings. The molecule has 0 N–H and O–H groups in total. The number of amides is 1. The van der Waals surface area contributed by atoms with Crippen molar-refractivity contribution in [2.75, 3.05) is 31.1 Å². The van der Waals surface area contributed by atoms with Gasteiger partial charge in [0.05, 0.1) is 16.3 Å². The number of piperazine rings is 1. The summed E-state index contributed by atoms with van der Waals surface area (Å²) in [7, 11) is 0. The van der Waals surface area contributed by atoms with E-state index in [0.717, 1.165) is 0 Å². The van der Waals surface area contributed by atoms with E-state index in [1.165, 1.54) is 29.1 Å². The zero-order valence-electron chi connectivity index (χ0n) is 16.1. The van der Waals surface area contributed by atoms with Gasteiger partial charge in [-0.15, -0.1) is 5.10 Å². The van der Waals surface area contributed by atoms with Crippen LogP contribution in [0.3, 0.4) is 0 Å². The molecular formula is C19H18FN7O3. The second-order valence-corrected chi connectivity index (χ2v) is 6.82. The fraction of sp³-hybridized carbons (Fsp3) is 0.263. The predicted molar refractivity (Wildman–Crippen MR) is 105 cm³/mol. The summed E-state index contributed by atoms with van der Waals surface area (Å²) in [5.74, 6) is 0.0523. The van der Waals surface area contributed by atoms with Gasteiger partial charge < -0.3 is 9.80 Å². The summed E-state index contributed by atoms with van der Waals surface area (Å²) in [4.78, 5) is 31.0. The summed E-state index contributed by atoms with van der Waals surface area (Å²) >= 11 is 0. The van der Waals surface area contributed by atoms with Gasteiger partial charge in [-0.05, 0) is 37.3 Å². The molecule has 30 heavy (non-hydrogen) atoms. The summed E-state index contributed by atoms with van der Waals surface area (Å²) in [6.45, 7) is 3.75. The number of benzene rings is 1. The fourth-order valence-electron chi connectivity index (χ4n) is 3.32. The number of carbonyl (C=O) groups is 1. The first-order chi connectivity index (χ1) is 14.4. The molecule has 154 valence electrons. The fourth-order valence-corrected chi connectivity index (χ4v) is 3.32. The lowest BCUT2D eigenvalue weighted by Crippen LogP contribution is -2.49. The molecule has 0 unspecified atom stereocenters. The normalized spacial score (nSPS) is 14.1. The van der Waals surface area contributed by atoms with E-state index in [4.69, 9.17) is 0 Å². The Morgan fingerprint density at radius 2 is 1.80 bits per heavy atom. The van der Waals surface area contributed by atoms with Crippen LogP contribution in [0.15, 0.2) is 42.6 Å². The van der Waals surface area contributed by atoms with Crippen LogP contribution >= 0.6 is 0 Å². The molecule has 11 heteroatoms. The number of halogens is 1. The van der Waals surface area contributed by atoms with Gasteiger partial charge in [0.25, 0.3) is 11.6 Å². The van der Waals surface area contributed by atoms with Crippen LogP contribution in [-0.2, 0) is 0 Å². The first-order valence-corrected chi connectivity index (χ1v) is 9.27. The molecule has 0 aliphatic carbocycles. The van der Waals surface area contributed by atoms with Crippen LogP contribution in [0.2, 0.25) is 0 Å². The summed E-state index contributed by atoms with van der Waals surface area (Å²) in [5.41, 5.74) is 1.38. The average Bonchev–Trinajstić information content (AvgIpc) is 3.15. The lowest BCUT2D eigenvalue weighted by atomic mass is 10.2. The molecule has 0 radical (unpaired) electrons. The van der Waals surface area contributed by atoms with Crippen LogP contribution in [0, 0.1) is 22.9 Å². The van der Waals surface area contributed by atoms with Gasteiger partial charge in [0.15, 0.2) is 5.69 Å². The van der Waals surface area contributed by atoms with Gasteiger partial charge in [-0.2, -0.15) is 0 Å². The van der Waals surface area contributed by atoms with Crippen molar-refractivity contribution in [1.29, 1.82) is 0 Å². The van der Waals surface area contributed by atoms with Crippen molar-refractivity contribution < 1.29 is 14.1 Å². The lowest BCUT2D eigenvalue weighted by Gasteiger charge is -2.35. The molecular weight excluding hydrogens is 393 g/mol. The third-order valence-corrected chi connectivity index (χ3v) is 5.00. The molecule has 1 amide bonds. The molecule has 3 heterocycles. The van der Waals surface area contributed by atoms with Crippen LogP contribution in [0.5, 0.6) is 0 Å². The lowest BCUT2D eigenvalue weighted by molar-refractivity contribution is -0.385. The molecule has 2 aromatic heterocycles. The highest BCUT2D eigenvalue weighted by molar-refractivity contribution is 5.93. The van der Waals surface area contributed by atoms with Gasteiger partial charge in [0, 0.05) is 32.2 Å². The average molecular weight is 411 g/mol. The highest BCUT2D eigenvalue weighted by atomic mass is 19.1. The van der Waals surface area contributed by atoms with Gasteiger partial charge in [0.2, 0.25) is 0 Å². The Morgan fingerprint density at radius 3 is 2.40 bits per heavy atom. The molecule has 1 aromatic carbocycles. The number of hydrogen-bond donors (Lipinski definition) is 0. The van der Waals surface area contributed by atoms with Crippen molar-refractivity contribution in [3.05, 3.63) is 69.9 Å². The minimum atomic E-state index is -0.491. The number of nitro groups is 1. The minimum absolute atomic E-state index is 0.0627. The summed E-state index contributed by atoms with van der Waals surface area (Å²) in [6.07, 6.45) is 1.23. The monoisotopic (exact) mass is 411 g/mol. The third-order valence-electron chi connectivity index (χ3n) is 5.00. The zero-order chi connectivity index (χ0) is 21.3. The van der Waals surface area contributed by atoms with Crippen molar-refractivity contribution in [2.45, 2.75) is 6.92 Å². The third kappa shape index (κ3) is 3.69. The molecule has 0 saturated carbocycles. The van der Waals surface area contributed by atoms with Crippen LogP contribution in [0.25, 0.3) is 5.69 Å². The smallest absolute Gasteiger partial charge is 0.287 e. The number of hydrogen-bond acceptors (Lipinski definition) is 7. The zero-order valence-corrected chi connectivity index (χ0v) is 16.1. The van der Waals surface area contributed by atoms with Gasteiger partial charge in [-0.3, -0.25) is 14.9 Å². The highest BCUT2D eigenvalue weighted by Crippen LogP contribution is 2.19. The molecule has 0 bridgehead atoms. The van der Waals surface area contributed by atoms with Crippen LogP contribution in [0.4, 0.5) is 15.9 Å². The van der Waals surface area contributed by atoms with E-state index in [9.17, 15) is 19.3 Å². The molecule has 0 atom stereocenters. The number of anilines is 1. The molecule has 10 nitrogen and oxygen atoms in total. The Morgan fingerprint density at radius 1 is 1.10 bits per heavy atom. The van der Waals surface area contributed by atoms with E-state index in [1.54, 1.807) is 30.0 Å². The number of pyridine rings is 1. The van der Waals surface area contributed by atoms with Crippen LogP contribution in [-0.4, -0.2) is 61.9 Å². The maximum atomic E-state index is 13.1. The first-order valence-electron chi connectivity index (χ1n) is 9.27. The second kappa shape index (κ2) is 7.85. The number of rotatable bonds is 4. The van der Waals surface area contributed by atoms with Crippen molar-refractivity contribution in [1.82, 2.24) is 24.9 Å². The summed E-state index contributed by atoms with van der Waals surface area (Å²) in [5, 5.41) is 18.8. The minimum Gasteiger partial charge on any atom is -0.353 e. The van der Waals surface area contributed by atoms with E-state index in [-0.39, 0.29) is 23.1 Å². The van der Waals surface area contributed by atoms with E-state index in [0.29, 0.717) is 43.4 Å². The summed E-state index contributed by atoms with van der Waals surface area (Å²) < 4.78 is 14.6. The maximum absolute atomic E-state index is 13.1. The van der Waals surface area contributed by atoms with E-state index in [2.05, 4.69) is 15.3 Å². The Balaban J connectivity index is 1.43. The van der Waals surface area contributed by atoms with Gasteiger partial charge in [-0.25, -0.2) is 14.1 Å². The predicted octanol–water partition coefficient (Wildman–Crippen LogP) is 1.98. The molecule has 4 rings (SSSR count). The number of carbonyl (C=O) groups excluding carboxylic acids is 1. The number of aromatic nitrogens is 4. The van der Waals surface area contributed by atoms with Crippen molar-refractivity contribution in [3.8, 4) is 5.69 Å². The van der Waals surface area contributed by atoms with E-state index < -0.39 is 4.92 Å². The highest BCUT2D eigenvalue weighted by Gasteiger charge is 2.27. The Labute approximate surface area is 170 Å². The molecule has 0 spiro atoms. The van der Waals surface area contributed by atoms with Gasteiger partial charge in [0.1, 0.15) is 17.8 Å². The molecule has 1 saturated heterocycles. The van der Waals surface area contributed by atoms with E-state index in [1.807, 2.05) is 4.90 Å². The topological polar surface area (TPSA) is 110 Å². The molecule has 1 aliphatic rings. The Bertz CT molecular complexity index is 1070. The number of nitrogens with zero attached hydrogens (tertiary/aromatic N) is 7. The van der Waals surface area contributed by atoms with Crippen molar-refractivity contribution in [2.24, 2.45) is 0 Å². The standard InChI is InChI=1S/C19H18FN7O3/c1-13-18(22-23-26(13)15-4-2-14(20)3-5-15)19(28)25-10-8-24(9-11-25)17-7-6-16(12-21-17)27(29)30/h2-7,12H,8-11H2,1H3. The maximum Gasteiger partial charge on any atom is 0.287 e. The molecule has 1 fully saturated rings. The van der Waals surface area contributed by atoms with Crippen molar-refractivity contribution in [3.63, 3.8) is 0 Å². The Kier molecular flexibility index (Phi) is 5.09. The Hall–Kier alpha value is -3.89. The SMILES string of the molecule is Cc1c(C(=O)N2CCN(c3ccc([N+](=O)[O-])cn3)CC2)nnn1-c1ccc(F)cc1. The first kappa shape index (κ1) is 19.4. The van der Waals surface area contributed by atoms with Gasteiger partial charge in [-0.1, -0.05) is 5.21 Å². The van der Waals surface area contributed by atoms with Gasteiger partial charge >= 0.3 is 0 Å². The van der Waals surface area contributed by atoms with E-state index >= 15 is 0 Å². The largest absolute Gasteiger partial charge is 0.353 e. The van der Waals surface area contributed by atoms with Crippen LogP contribution < -0.4 is 4.90 Å².